The van der Waals surface area contributed by atoms with Crippen LogP contribution >= 0.6 is 0 Å². The summed E-state index contributed by atoms with van der Waals surface area (Å²) in [5, 5.41) is 0. The maximum Gasteiger partial charge on any atom is 0.527 e. The highest BCUT2D eigenvalue weighted by Crippen LogP contribution is 2.65. The fourth-order valence-electron chi connectivity index (χ4n) is 1.89. The van der Waals surface area contributed by atoms with Gasteiger partial charge in [-0.1, -0.05) is 0 Å². The molecular weight excluding hydrogens is 475 g/mol. The monoisotopic (exact) mass is 480 g/mol. The van der Waals surface area contributed by atoms with Crippen molar-refractivity contribution in [2.75, 3.05) is 6.61 Å². The molecule has 0 aliphatic carbocycles. The molecule has 29 heavy (non-hydrogen) atoms. The standard InChI is InChI=1S/C10H5F17O2/c1-2-28-3(4(11,12)7(17,18)19,5(13,14)8(20,21)22)6(15,16)9(23,24)29-10(25,26)27/h2H2,1H3. The average molecular weight is 480 g/mol. The molecule has 0 saturated heterocycles. The summed E-state index contributed by atoms with van der Waals surface area (Å²) in [4.78, 5) is 0. The van der Waals surface area contributed by atoms with Gasteiger partial charge in [-0.15, -0.1) is 13.2 Å². The van der Waals surface area contributed by atoms with Gasteiger partial charge in [0.2, 0.25) is 0 Å². The van der Waals surface area contributed by atoms with Crippen molar-refractivity contribution in [1.29, 1.82) is 0 Å². The molecule has 0 aliphatic rings. The molecule has 0 fully saturated rings. The van der Waals surface area contributed by atoms with E-state index in [2.05, 4.69) is 4.74 Å². The molecule has 0 aromatic rings. The smallest absolute Gasteiger partial charge is 0.357 e. The average Bonchev–Trinajstić information content (AvgIpc) is 2.38. The highest BCUT2D eigenvalue weighted by molar-refractivity contribution is 5.20. The van der Waals surface area contributed by atoms with Crippen LogP contribution in [0.1, 0.15) is 6.92 Å². The second-order valence-corrected chi connectivity index (χ2v) is 4.90. The Kier molecular flexibility index (Phi) is 6.84. The van der Waals surface area contributed by atoms with Crippen molar-refractivity contribution >= 4 is 0 Å². The van der Waals surface area contributed by atoms with E-state index in [0.717, 1.165) is 0 Å². The van der Waals surface area contributed by atoms with E-state index in [4.69, 9.17) is 0 Å². The van der Waals surface area contributed by atoms with Crippen molar-refractivity contribution in [3.63, 3.8) is 0 Å². The fourth-order valence-corrected chi connectivity index (χ4v) is 1.89. The van der Waals surface area contributed by atoms with Crippen molar-refractivity contribution in [2.24, 2.45) is 0 Å². The molecule has 0 atom stereocenters. The highest BCUT2D eigenvalue weighted by atomic mass is 19.4. The predicted molar refractivity (Wildman–Crippen MR) is 53.4 cm³/mol. The first-order valence-corrected chi connectivity index (χ1v) is 6.32. The predicted octanol–water partition coefficient (Wildman–Crippen LogP) is 5.92. The van der Waals surface area contributed by atoms with Crippen LogP contribution in [0.15, 0.2) is 0 Å². The Morgan fingerprint density at radius 1 is 0.517 bits per heavy atom. The molecule has 0 aromatic carbocycles. The van der Waals surface area contributed by atoms with E-state index in [1.54, 1.807) is 0 Å². The minimum absolute atomic E-state index is 0.0630. The number of halogens is 17. The number of ether oxygens (including phenoxy) is 2. The lowest BCUT2D eigenvalue weighted by Gasteiger charge is -2.49. The first-order chi connectivity index (χ1) is 12.3. The Morgan fingerprint density at radius 3 is 1.03 bits per heavy atom. The molecule has 2 nitrogen and oxygen atoms in total. The lowest BCUT2D eigenvalue weighted by atomic mass is 9.79. The zero-order valence-electron chi connectivity index (χ0n) is 12.9. The highest BCUT2D eigenvalue weighted by Gasteiger charge is 2.97. The molecule has 0 saturated carbocycles. The van der Waals surface area contributed by atoms with Gasteiger partial charge in [0.1, 0.15) is 0 Å². The number of rotatable bonds is 7. The van der Waals surface area contributed by atoms with Crippen molar-refractivity contribution in [3.05, 3.63) is 0 Å². The molecule has 176 valence electrons. The summed E-state index contributed by atoms with van der Waals surface area (Å²) in [5.74, 6) is -24.7. The summed E-state index contributed by atoms with van der Waals surface area (Å²) >= 11 is 0. The van der Waals surface area contributed by atoms with Crippen LogP contribution in [0.4, 0.5) is 74.6 Å². The second-order valence-electron chi connectivity index (χ2n) is 4.90. The molecular formula is C10H5F17O2. The van der Waals surface area contributed by atoms with Gasteiger partial charge in [-0.05, 0) is 6.92 Å². The number of alkyl halides is 17. The third-order valence-corrected chi connectivity index (χ3v) is 3.01. The molecule has 0 bridgehead atoms. The van der Waals surface area contributed by atoms with Crippen LogP contribution in [0.2, 0.25) is 0 Å². The van der Waals surface area contributed by atoms with Crippen molar-refractivity contribution in [2.45, 2.75) is 55.1 Å². The third-order valence-electron chi connectivity index (χ3n) is 3.01. The van der Waals surface area contributed by atoms with Crippen molar-refractivity contribution in [1.82, 2.24) is 0 Å². The lowest BCUT2D eigenvalue weighted by molar-refractivity contribution is -0.531. The van der Waals surface area contributed by atoms with E-state index in [-0.39, 0.29) is 6.92 Å². The van der Waals surface area contributed by atoms with Crippen molar-refractivity contribution in [3.8, 4) is 0 Å². The summed E-state index contributed by atoms with van der Waals surface area (Å²) < 4.78 is 222. The molecule has 0 rings (SSSR count). The summed E-state index contributed by atoms with van der Waals surface area (Å²) in [7, 11) is 0. The Labute approximate surface area is 147 Å². The molecule has 19 heteroatoms. The van der Waals surface area contributed by atoms with Crippen LogP contribution < -0.4 is 0 Å². The van der Waals surface area contributed by atoms with Crippen LogP contribution in [-0.4, -0.2) is 54.8 Å². The van der Waals surface area contributed by atoms with Crippen LogP contribution in [-0.2, 0) is 9.47 Å². The van der Waals surface area contributed by atoms with Gasteiger partial charge in [-0.25, -0.2) is 4.74 Å². The van der Waals surface area contributed by atoms with Gasteiger partial charge in [0.15, 0.2) is 0 Å². The van der Waals surface area contributed by atoms with Gasteiger partial charge in [-0.2, -0.15) is 61.5 Å². The minimum atomic E-state index is -8.29. The molecule has 0 unspecified atom stereocenters. The van der Waals surface area contributed by atoms with E-state index in [0.29, 0.717) is 0 Å². The normalized spacial score (nSPS) is 16.3. The maximum atomic E-state index is 13.8. The van der Waals surface area contributed by atoms with E-state index < -0.39 is 54.8 Å². The van der Waals surface area contributed by atoms with Gasteiger partial charge >= 0.3 is 42.6 Å². The molecule has 0 spiro atoms. The SMILES string of the molecule is CCOC(C(F)(F)C(F)(F)F)(C(F)(F)C(F)(F)F)C(F)(F)C(F)(F)OC(F)(F)F. The largest absolute Gasteiger partial charge is 0.527 e. The minimum Gasteiger partial charge on any atom is -0.357 e. The molecule has 0 aromatic heterocycles. The van der Waals surface area contributed by atoms with Crippen LogP contribution in [0, 0.1) is 0 Å². The van der Waals surface area contributed by atoms with E-state index >= 15 is 0 Å². The van der Waals surface area contributed by atoms with Gasteiger partial charge < -0.3 is 4.74 Å². The molecule has 0 N–H and O–H groups in total. The van der Waals surface area contributed by atoms with Gasteiger partial charge in [-0.3, -0.25) is 0 Å². The van der Waals surface area contributed by atoms with Crippen LogP contribution in [0.5, 0.6) is 0 Å². The Hall–Kier alpha value is -1.27. The Morgan fingerprint density at radius 2 is 0.828 bits per heavy atom. The van der Waals surface area contributed by atoms with E-state index in [1.807, 2.05) is 0 Å². The summed E-state index contributed by atoms with van der Waals surface area (Å²) in [6.07, 6.45) is -30.6. The maximum absolute atomic E-state index is 13.8. The number of hydrogen-bond donors (Lipinski definition) is 0. The summed E-state index contributed by atoms with van der Waals surface area (Å²) in [5.41, 5.74) is -7.97. The second kappa shape index (κ2) is 7.16. The molecule has 0 heterocycles. The summed E-state index contributed by atoms with van der Waals surface area (Å²) in [6, 6.07) is 0. The molecule has 0 amide bonds. The van der Waals surface area contributed by atoms with Crippen LogP contribution in [0.3, 0.4) is 0 Å². The molecule has 0 radical (unpaired) electrons. The third kappa shape index (κ3) is 4.15. The quantitative estimate of drug-likeness (QED) is 0.422. The first kappa shape index (κ1) is 27.7. The zero-order valence-corrected chi connectivity index (χ0v) is 12.9. The van der Waals surface area contributed by atoms with Gasteiger partial charge in [0.25, 0.3) is 5.60 Å². The lowest BCUT2D eigenvalue weighted by Crippen LogP contribution is -2.81. The van der Waals surface area contributed by atoms with Gasteiger partial charge in [0, 0.05) is 6.61 Å². The topological polar surface area (TPSA) is 18.5 Å². The van der Waals surface area contributed by atoms with Gasteiger partial charge in [0.05, 0.1) is 0 Å². The van der Waals surface area contributed by atoms with Crippen LogP contribution in [0.25, 0.3) is 0 Å². The first-order valence-electron chi connectivity index (χ1n) is 6.32. The van der Waals surface area contributed by atoms with Crippen molar-refractivity contribution < 1.29 is 84.1 Å². The Bertz CT molecular complexity index is 542. The zero-order chi connectivity index (χ0) is 24.1. The number of hydrogen-bond acceptors (Lipinski definition) is 2. The fraction of sp³-hybridized carbons (Fsp3) is 1.00. The van der Waals surface area contributed by atoms with E-state index in [9.17, 15) is 74.6 Å². The molecule has 0 aliphatic heterocycles. The summed E-state index contributed by atoms with van der Waals surface area (Å²) in [6.45, 7) is -2.44. The van der Waals surface area contributed by atoms with E-state index in [1.165, 1.54) is 4.74 Å². The Balaban J connectivity index is 7.47.